The first-order valence-corrected chi connectivity index (χ1v) is 5.93. The molecule has 1 nitrogen and oxygen atoms in total. The molecule has 0 fully saturated rings. The third-order valence-electron chi connectivity index (χ3n) is 2.38. The molecule has 0 aliphatic carbocycles. The van der Waals surface area contributed by atoms with Crippen molar-refractivity contribution in [2.24, 2.45) is 0 Å². The molecule has 0 saturated carbocycles. The summed E-state index contributed by atoms with van der Waals surface area (Å²) in [5.74, 6) is 0. The maximum absolute atomic E-state index is 12.7. The molecule has 0 atom stereocenters. The van der Waals surface area contributed by atoms with Crippen LogP contribution in [0.4, 0.5) is 18.9 Å². The van der Waals surface area contributed by atoms with Crippen molar-refractivity contribution in [3.05, 3.63) is 28.8 Å². The maximum atomic E-state index is 12.7. The van der Waals surface area contributed by atoms with Crippen molar-refractivity contribution in [1.82, 2.24) is 0 Å². The Bertz CT molecular complexity index is 363. The number of halogens is 4. The van der Waals surface area contributed by atoms with E-state index in [1.165, 1.54) is 12.1 Å². The van der Waals surface area contributed by atoms with E-state index in [0.29, 0.717) is 6.54 Å². The zero-order chi connectivity index (χ0) is 12.9. The van der Waals surface area contributed by atoms with E-state index in [4.69, 9.17) is 11.6 Å². The van der Waals surface area contributed by atoms with Crippen molar-refractivity contribution >= 4 is 17.3 Å². The van der Waals surface area contributed by atoms with E-state index in [-0.39, 0.29) is 10.7 Å². The summed E-state index contributed by atoms with van der Waals surface area (Å²) in [4.78, 5) is 0. The van der Waals surface area contributed by atoms with Gasteiger partial charge in [-0.2, -0.15) is 13.2 Å². The molecule has 5 heteroatoms. The van der Waals surface area contributed by atoms with Crippen LogP contribution in [0.15, 0.2) is 18.2 Å². The summed E-state index contributed by atoms with van der Waals surface area (Å²) >= 11 is 5.58. The minimum Gasteiger partial charge on any atom is -0.385 e. The van der Waals surface area contributed by atoms with E-state index in [1.54, 1.807) is 0 Å². The van der Waals surface area contributed by atoms with Gasteiger partial charge in [-0.05, 0) is 24.6 Å². The SMILES string of the molecule is CCCCCNc1ccc(Cl)cc1C(F)(F)F. The molecule has 0 unspecified atom stereocenters. The average molecular weight is 266 g/mol. The van der Waals surface area contributed by atoms with Gasteiger partial charge in [0.05, 0.1) is 5.56 Å². The molecular formula is C12H15ClF3N. The molecule has 1 aromatic rings. The second kappa shape index (κ2) is 6.15. The number of nitrogens with one attached hydrogen (secondary N) is 1. The summed E-state index contributed by atoms with van der Waals surface area (Å²) < 4.78 is 38.1. The van der Waals surface area contributed by atoms with Crippen LogP contribution in [0.5, 0.6) is 0 Å². The van der Waals surface area contributed by atoms with Gasteiger partial charge < -0.3 is 5.32 Å². The molecule has 96 valence electrons. The van der Waals surface area contributed by atoms with Crippen LogP contribution in [0.3, 0.4) is 0 Å². The van der Waals surface area contributed by atoms with Gasteiger partial charge in [-0.25, -0.2) is 0 Å². The Morgan fingerprint density at radius 3 is 2.53 bits per heavy atom. The molecule has 1 rings (SSSR count). The van der Waals surface area contributed by atoms with Gasteiger partial charge in [-0.15, -0.1) is 0 Å². The average Bonchev–Trinajstić information content (AvgIpc) is 2.25. The molecule has 1 N–H and O–H groups in total. The van der Waals surface area contributed by atoms with E-state index >= 15 is 0 Å². The molecule has 0 spiro atoms. The van der Waals surface area contributed by atoms with Crippen LogP contribution in [0.1, 0.15) is 31.7 Å². The largest absolute Gasteiger partial charge is 0.418 e. The second-order valence-corrected chi connectivity index (χ2v) is 4.26. The predicted octanol–water partition coefficient (Wildman–Crippen LogP) is 4.96. The highest BCUT2D eigenvalue weighted by Crippen LogP contribution is 2.36. The third-order valence-corrected chi connectivity index (χ3v) is 2.62. The van der Waals surface area contributed by atoms with Crippen LogP contribution in [0.2, 0.25) is 5.02 Å². The van der Waals surface area contributed by atoms with Gasteiger partial charge in [0.2, 0.25) is 0 Å². The summed E-state index contributed by atoms with van der Waals surface area (Å²) in [6.07, 6.45) is -1.48. The lowest BCUT2D eigenvalue weighted by Crippen LogP contribution is -2.11. The Morgan fingerprint density at radius 1 is 1.24 bits per heavy atom. The fourth-order valence-corrected chi connectivity index (χ4v) is 1.68. The molecule has 0 amide bonds. The monoisotopic (exact) mass is 265 g/mol. The number of hydrogen-bond donors (Lipinski definition) is 1. The van der Waals surface area contributed by atoms with Crippen LogP contribution >= 0.6 is 11.6 Å². The smallest absolute Gasteiger partial charge is 0.385 e. The van der Waals surface area contributed by atoms with Gasteiger partial charge in [0.1, 0.15) is 0 Å². The predicted molar refractivity (Wildman–Crippen MR) is 64.5 cm³/mol. The Kier molecular flexibility index (Phi) is 5.12. The Morgan fingerprint density at radius 2 is 1.94 bits per heavy atom. The number of rotatable bonds is 5. The standard InChI is InChI=1S/C12H15ClF3N/c1-2-3-4-7-17-11-6-5-9(13)8-10(11)12(14,15)16/h5-6,8,17H,2-4,7H2,1H3. The van der Waals surface area contributed by atoms with E-state index < -0.39 is 11.7 Å². The van der Waals surface area contributed by atoms with E-state index in [9.17, 15) is 13.2 Å². The first-order valence-electron chi connectivity index (χ1n) is 5.55. The molecule has 17 heavy (non-hydrogen) atoms. The molecular weight excluding hydrogens is 251 g/mol. The molecule has 0 saturated heterocycles. The van der Waals surface area contributed by atoms with E-state index in [2.05, 4.69) is 5.32 Å². The van der Waals surface area contributed by atoms with Gasteiger partial charge in [0.15, 0.2) is 0 Å². The molecule has 0 heterocycles. The minimum absolute atomic E-state index is 0.0939. The first kappa shape index (κ1) is 14.2. The van der Waals surface area contributed by atoms with Crippen molar-refractivity contribution in [2.75, 3.05) is 11.9 Å². The van der Waals surface area contributed by atoms with Crippen LogP contribution in [-0.2, 0) is 6.18 Å². The summed E-state index contributed by atoms with van der Waals surface area (Å²) in [7, 11) is 0. The third kappa shape index (κ3) is 4.46. The normalized spacial score (nSPS) is 11.6. The number of benzene rings is 1. The molecule has 1 aromatic carbocycles. The summed E-state index contributed by atoms with van der Waals surface area (Å²) in [5, 5.41) is 2.90. The highest BCUT2D eigenvalue weighted by molar-refractivity contribution is 6.30. The summed E-state index contributed by atoms with van der Waals surface area (Å²) in [5.41, 5.74) is -0.612. The highest BCUT2D eigenvalue weighted by atomic mass is 35.5. The fraction of sp³-hybridized carbons (Fsp3) is 0.500. The number of anilines is 1. The van der Waals surface area contributed by atoms with Gasteiger partial charge in [0, 0.05) is 17.3 Å². The Labute approximate surface area is 104 Å². The zero-order valence-electron chi connectivity index (χ0n) is 9.57. The van der Waals surface area contributed by atoms with Crippen molar-refractivity contribution in [3.8, 4) is 0 Å². The van der Waals surface area contributed by atoms with Gasteiger partial charge in [-0.3, -0.25) is 0 Å². The summed E-state index contributed by atoms with van der Waals surface area (Å²) in [6, 6.07) is 3.78. The van der Waals surface area contributed by atoms with Crippen molar-refractivity contribution in [1.29, 1.82) is 0 Å². The van der Waals surface area contributed by atoms with Gasteiger partial charge >= 0.3 is 6.18 Å². The van der Waals surface area contributed by atoms with Crippen molar-refractivity contribution in [2.45, 2.75) is 32.4 Å². The van der Waals surface area contributed by atoms with Gasteiger partial charge in [0.25, 0.3) is 0 Å². The molecule has 0 aliphatic heterocycles. The molecule has 0 bridgehead atoms. The minimum atomic E-state index is -4.38. The lowest BCUT2D eigenvalue weighted by atomic mass is 10.1. The lowest BCUT2D eigenvalue weighted by Gasteiger charge is -2.14. The fourth-order valence-electron chi connectivity index (χ4n) is 1.50. The van der Waals surface area contributed by atoms with E-state index in [0.717, 1.165) is 25.3 Å². The van der Waals surface area contributed by atoms with E-state index in [1.807, 2.05) is 6.92 Å². The summed E-state index contributed by atoms with van der Waals surface area (Å²) in [6.45, 7) is 2.59. The van der Waals surface area contributed by atoms with Gasteiger partial charge in [-0.1, -0.05) is 31.4 Å². The van der Waals surface area contributed by atoms with Crippen LogP contribution in [-0.4, -0.2) is 6.54 Å². The lowest BCUT2D eigenvalue weighted by molar-refractivity contribution is -0.136. The molecule has 0 aliphatic rings. The second-order valence-electron chi connectivity index (χ2n) is 3.82. The quantitative estimate of drug-likeness (QED) is 0.742. The number of hydrogen-bond acceptors (Lipinski definition) is 1. The van der Waals surface area contributed by atoms with Crippen molar-refractivity contribution < 1.29 is 13.2 Å². The molecule has 0 radical (unpaired) electrons. The number of alkyl halides is 3. The van der Waals surface area contributed by atoms with Crippen LogP contribution in [0, 0.1) is 0 Å². The zero-order valence-corrected chi connectivity index (χ0v) is 10.3. The van der Waals surface area contributed by atoms with Crippen LogP contribution in [0.25, 0.3) is 0 Å². The Balaban J connectivity index is 2.77. The maximum Gasteiger partial charge on any atom is 0.418 e. The van der Waals surface area contributed by atoms with Crippen LogP contribution < -0.4 is 5.32 Å². The highest BCUT2D eigenvalue weighted by Gasteiger charge is 2.33. The van der Waals surface area contributed by atoms with Crippen molar-refractivity contribution in [3.63, 3.8) is 0 Å². The number of unbranched alkanes of at least 4 members (excludes halogenated alkanes) is 2. The first-order chi connectivity index (χ1) is 7.95. The topological polar surface area (TPSA) is 12.0 Å². The molecule has 0 aromatic heterocycles. The Hall–Kier alpha value is -0.900.